The Hall–Kier alpha value is -1.99. The van der Waals surface area contributed by atoms with Gasteiger partial charge < -0.3 is 29.9 Å². The van der Waals surface area contributed by atoms with Gasteiger partial charge in [-0.05, 0) is 71.3 Å². The van der Waals surface area contributed by atoms with Crippen molar-refractivity contribution < 1.29 is 9.47 Å². The van der Waals surface area contributed by atoms with Crippen LogP contribution in [0.15, 0.2) is 23.2 Å². The third kappa shape index (κ3) is 9.78. The average Bonchev–Trinajstić information content (AvgIpc) is 2.77. The number of guanidine groups is 1. The van der Waals surface area contributed by atoms with Gasteiger partial charge in [-0.3, -0.25) is 4.99 Å². The molecule has 1 aliphatic rings. The Kier molecular flexibility index (Phi) is 12.2. The van der Waals surface area contributed by atoms with E-state index in [0.717, 1.165) is 49.9 Å². The van der Waals surface area contributed by atoms with E-state index in [1.165, 1.54) is 44.7 Å². The van der Waals surface area contributed by atoms with Crippen LogP contribution in [-0.2, 0) is 6.42 Å². The van der Waals surface area contributed by atoms with Gasteiger partial charge in [0.15, 0.2) is 17.5 Å². The number of ether oxygens (including phenoxy) is 2. The van der Waals surface area contributed by atoms with Crippen molar-refractivity contribution in [1.82, 2.24) is 20.4 Å². The van der Waals surface area contributed by atoms with Crippen LogP contribution in [0.25, 0.3) is 0 Å². The number of nitrogens with one attached hydrogen (secondary N) is 2. The second kappa shape index (κ2) is 14.9. The molecule has 0 aliphatic carbocycles. The summed E-state index contributed by atoms with van der Waals surface area (Å²) in [5.74, 6) is 2.54. The molecule has 2 N–H and O–H groups in total. The summed E-state index contributed by atoms with van der Waals surface area (Å²) in [7, 11) is 2.20. The zero-order valence-electron chi connectivity index (χ0n) is 20.1. The van der Waals surface area contributed by atoms with Crippen LogP contribution in [0.1, 0.15) is 39.2 Å². The molecule has 176 valence electrons. The van der Waals surface area contributed by atoms with Gasteiger partial charge in [-0.25, -0.2) is 0 Å². The van der Waals surface area contributed by atoms with E-state index in [0.29, 0.717) is 13.2 Å². The number of hydrogen-bond acceptors (Lipinski definition) is 5. The van der Waals surface area contributed by atoms with Gasteiger partial charge in [0, 0.05) is 45.8 Å². The molecule has 0 aromatic heterocycles. The number of benzene rings is 1. The third-order valence-electron chi connectivity index (χ3n) is 5.41. The first kappa shape index (κ1) is 25.3. The lowest BCUT2D eigenvalue weighted by atomic mass is 10.1. The third-order valence-corrected chi connectivity index (χ3v) is 5.41. The first-order valence-electron chi connectivity index (χ1n) is 12.0. The quantitative estimate of drug-likeness (QED) is 0.283. The normalized spacial score (nSPS) is 15.7. The first-order chi connectivity index (χ1) is 15.2. The molecule has 0 amide bonds. The predicted octanol–water partition coefficient (Wildman–Crippen LogP) is 2.61. The largest absolute Gasteiger partial charge is 0.490 e. The Balaban J connectivity index is 1.72. The summed E-state index contributed by atoms with van der Waals surface area (Å²) in [4.78, 5) is 9.72. The summed E-state index contributed by atoms with van der Waals surface area (Å²) in [5.41, 5.74) is 1.22. The van der Waals surface area contributed by atoms with E-state index in [2.05, 4.69) is 46.5 Å². The molecular weight excluding hydrogens is 390 g/mol. The van der Waals surface area contributed by atoms with Crippen LogP contribution in [0.4, 0.5) is 0 Å². The summed E-state index contributed by atoms with van der Waals surface area (Å²) >= 11 is 0. The lowest BCUT2D eigenvalue weighted by Gasteiger charge is -2.32. The molecule has 31 heavy (non-hydrogen) atoms. The average molecular weight is 434 g/mol. The molecule has 1 aliphatic heterocycles. The van der Waals surface area contributed by atoms with Crippen LogP contribution < -0.4 is 20.1 Å². The molecule has 0 spiro atoms. The maximum atomic E-state index is 5.73. The fourth-order valence-corrected chi connectivity index (χ4v) is 3.63. The van der Waals surface area contributed by atoms with Crippen LogP contribution in [0.2, 0.25) is 0 Å². The highest BCUT2D eigenvalue weighted by molar-refractivity contribution is 5.79. The molecule has 1 fully saturated rings. The SMILES string of the molecule is CCNC(=NCCCCN1CCN(C)CC1)NCCc1ccc(OCC)c(OCC)c1. The van der Waals surface area contributed by atoms with Crippen LogP contribution in [0.5, 0.6) is 11.5 Å². The molecule has 0 bridgehead atoms. The molecule has 7 nitrogen and oxygen atoms in total. The minimum absolute atomic E-state index is 0.633. The van der Waals surface area contributed by atoms with E-state index < -0.39 is 0 Å². The van der Waals surface area contributed by atoms with Crippen molar-refractivity contribution in [3.05, 3.63) is 23.8 Å². The van der Waals surface area contributed by atoms with Crippen molar-refractivity contribution in [3.8, 4) is 11.5 Å². The van der Waals surface area contributed by atoms with Gasteiger partial charge in [-0.2, -0.15) is 0 Å². The highest BCUT2D eigenvalue weighted by atomic mass is 16.5. The van der Waals surface area contributed by atoms with Gasteiger partial charge in [-0.1, -0.05) is 6.07 Å². The van der Waals surface area contributed by atoms with Crippen molar-refractivity contribution in [2.45, 2.75) is 40.0 Å². The van der Waals surface area contributed by atoms with Gasteiger partial charge >= 0.3 is 0 Å². The number of hydrogen-bond donors (Lipinski definition) is 2. The molecule has 0 radical (unpaired) electrons. The summed E-state index contributed by atoms with van der Waals surface area (Å²) in [6.45, 7) is 15.9. The van der Waals surface area contributed by atoms with Gasteiger partial charge in [0.05, 0.1) is 13.2 Å². The molecule has 1 heterocycles. The van der Waals surface area contributed by atoms with E-state index >= 15 is 0 Å². The Morgan fingerprint density at radius 2 is 1.71 bits per heavy atom. The van der Waals surface area contributed by atoms with E-state index in [1.807, 2.05) is 19.9 Å². The molecule has 0 unspecified atom stereocenters. The molecule has 1 aromatic rings. The van der Waals surface area contributed by atoms with E-state index in [9.17, 15) is 0 Å². The smallest absolute Gasteiger partial charge is 0.191 e. The number of unbranched alkanes of at least 4 members (excludes halogenated alkanes) is 1. The van der Waals surface area contributed by atoms with Crippen LogP contribution in [0, 0.1) is 0 Å². The number of likely N-dealkylation sites (N-methyl/N-ethyl adjacent to an activating group) is 1. The maximum Gasteiger partial charge on any atom is 0.191 e. The van der Waals surface area contributed by atoms with E-state index in [4.69, 9.17) is 14.5 Å². The molecule has 1 saturated heterocycles. The molecule has 0 saturated carbocycles. The van der Waals surface area contributed by atoms with Crippen molar-refractivity contribution in [2.75, 3.05) is 72.6 Å². The topological polar surface area (TPSA) is 61.4 Å². The zero-order chi connectivity index (χ0) is 22.3. The van der Waals surface area contributed by atoms with Gasteiger partial charge in [0.25, 0.3) is 0 Å². The predicted molar refractivity (Wildman–Crippen MR) is 130 cm³/mol. The van der Waals surface area contributed by atoms with Gasteiger partial charge in [0.1, 0.15) is 0 Å². The zero-order valence-corrected chi connectivity index (χ0v) is 20.1. The highest BCUT2D eigenvalue weighted by Crippen LogP contribution is 2.28. The van der Waals surface area contributed by atoms with Crippen LogP contribution in [0.3, 0.4) is 0 Å². The summed E-state index contributed by atoms with van der Waals surface area (Å²) in [5, 5.41) is 6.81. The molecule has 2 rings (SSSR count). The Bertz CT molecular complexity index is 645. The van der Waals surface area contributed by atoms with E-state index in [-0.39, 0.29) is 0 Å². The highest BCUT2D eigenvalue weighted by Gasteiger charge is 2.12. The lowest BCUT2D eigenvalue weighted by Crippen LogP contribution is -2.44. The van der Waals surface area contributed by atoms with Crippen molar-refractivity contribution in [1.29, 1.82) is 0 Å². The summed E-state index contributed by atoms with van der Waals surface area (Å²) in [6.07, 6.45) is 3.23. The standard InChI is InChI=1S/C24H43N5O2/c1-5-25-24(26-13-8-9-15-29-18-16-28(4)17-19-29)27-14-12-21-10-11-22(30-6-2)23(20-21)31-7-3/h10-11,20H,5-9,12-19H2,1-4H3,(H2,25,26,27). The number of piperazine rings is 1. The number of aliphatic imine (C=N–C) groups is 1. The van der Waals surface area contributed by atoms with Crippen LogP contribution in [-0.4, -0.2) is 88.4 Å². The van der Waals surface area contributed by atoms with E-state index in [1.54, 1.807) is 0 Å². The number of nitrogens with zero attached hydrogens (tertiary/aromatic N) is 3. The van der Waals surface area contributed by atoms with Crippen LogP contribution >= 0.6 is 0 Å². The lowest BCUT2D eigenvalue weighted by molar-refractivity contribution is 0.152. The Labute approximate surface area is 189 Å². The Morgan fingerprint density at radius 3 is 2.42 bits per heavy atom. The molecular formula is C24H43N5O2. The monoisotopic (exact) mass is 433 g/mol. The maximum absolute atomic E-state index is 5.73. The minimum Gasteiger partial charge on any atom is -0.490 e. The molecule has 7 heteroatoms. The van der Waals surface area contributed by atoms with Crippen molar-refractivity contribution in [2.24, 2.45) is 4.99 Å². The van der Waals surface area contributed by atoms with Crippen molar-refractivity contribution in [3.63, 3.8) is 0 Å². The second-order valence-electron chi connectivity index (χ2n) is 7.94. The van der Waals surface area contributed by atoms with Crippen molar-refractivity contribution >= 4 is 5.96 Å². The summed E-state index contributed by atoms with van der Waals surface area (Å²) in [6, 6.07) is 6.19. The molecule has 1 aromatic carbocycles. The van der Waals surface area contributed by atoms with Gasteiger partial charge in [-0.15, -0.1) is 0 Å². The Morgan fingerprint density at radius 1 is 0.968 bits per heavy atom. The number of rotatable bonds is 13. The fourth-order valence-electron chi connectivity index (χ4n) is 3.63. The fraction of sp³-hybridized carbons (Fsp3) is 0.708. The molecule has 0 atom stereocenters. The summed E-state index contributed by atoms with van der Waals surface area (Å²) < 4.78 is 11.4. The first-order valence-corrected chi connectivity index (χ1v) is 12.0. The second-order valence-corrected chi connectivity index (χ2v) is 7.94. The van der Waals surface area contributed by atoms with Gasteiger partial charge in [0.2, 0.25) is 0 Å². The minimum atomic E-state index is 0.633.